The van der Waals surface area contributed by atoms with E-state index in [9.17, 15) is 14.7 Å². The molecule has 1 saturated heterocycles. The van der Waals surface area contributed by atoms with Gasteiger partial charge >= 0.3 is 6.09 Å². The van der Waals surface area contributed by atoms with Crippen molar-refractivity contribution < 1.29 is 24.2 Å². The quantitative estimate of drug-likeness (QED) is 0.329. The minimum absolute atomic E-state index is 0.0313. The lowest BCUT2D eigenvalue weighted by atomic mass is 9.64. The van der Waals surface area contributed by atoms with Gasteiger partial charge in [-0.15, -0.1) is 0 Å². The Hall–Kier alpha value is -3.12. The van der Waals surface area contributed by atoms with E-state index in [0.717, 1.165) is 49.7 Å². The predicted molar refractivity (Wildman–Crippen MR) is 156 cm³/mol. The van der Waals surface area contributed by atoms with Crippen molar-refractivity contribution in [2.75, 3.05) is 20.2 Å². The molecule has 1 N–H and O–H groups in total. The molecule has 1 spiro atoms. The first-order valence-electron chi connectivity index (χ1n) is 14.8. The number of ether oxygens (including phenoxy) is 2. The molecule has 4 unspecified atom stereocenters. The summed E-state index contributed by atoms with van der Waals surface area (Å²) < 4.78 is 11.7. The van der Waals surface area contributed by atoms with Gasteiger partial charge in [0, 0.05) is 23.1 Å². The van der Waals surface area contributed by atoms with Gasteiger partial charge in [-0.1, -0.05) is 37.6 Å². The molecule has 1 aliphatic heterocycles. The standard InChI is InChI=1S/C34H43NO5/c1-5-19-35-22-34(40-32(35)38)18-16-30-28-15-9-24(20-26(36)12-8-23(2)7-6-17-33(30,34)3)21-29(28)31(37)25-10-13-27(39-4)14-11-25/h7,9-11,13-15,21,26,30,36H,5-6,8,12,16-20,22H2,1-4H3. The first kappa shape index (κ1) is 28.4. The zero-order valence-electron chi connectivity index (χ0n) is 24.4. The van der Waals surface area contributed by atoms with E-state index in [0.29, 0.717) is 42.8 Å². The summed E-state index contributed by atoms with van der Waals surface area (Å²) in [7, 11) is 1.61. The van der Waals surface area contributed by atoms with Gasteiger partial charge in [0.2, 0.25) is 0 Å². The molecule has 0 radical (unpaired) electrons. The Kier molecular flexibility index (Phi) is 8.10. The molecule has 1 amide bonds. The van der Waals surface area contributed by atoms with Crippen LogP contribution in [0.4, 0.5) is 4.79 Å². The van der Waals surface area contributed by atoms with Crippen LogP contribution >= 0.6 is 0 Å². The third-order valence-electron chi connectivity index (χ3n) is 9.72. The van der Waals surface area contributed by atoms with Gasteiger partial charge in [0.25, 0.3) is 0 Å². The fourth-order valence-corrected chi connectivity index (χ4v) is 7.32. The average Bonchev–Trinajstić information content (AvgIpc) is 3.41. The Morgan fingerprint density at radius 3 is 2.65 bits per heavy atom. The van der Waals surface area contributed by atoms with Crippen molar-refractivity contribution in [2.24, 2.45) is 5.41 Å². The van der Waals surface area contributed by atoms with Crippen LogP contribution < -0.4 is 4.74 Å². The van der Waals surface area contributed by atoms with E-state index in [1.54, 1.807) is 7.11 Å². The maximum absolute atomic E-state index is 14.1. The van der Waals surface area contributed by atoms with Crippen LogP contribution in [0.1, 0.15) is 98.7 Å². The van der Waals surface area contributed by atoms with E-state index >= 15 is 0 Å². The second-order valence-corrected chi connectivity index (χ2v) is 12.3. The smallest absolute Gasteiger partial charge is 0.410 e. The van der Waals surface area contributed by atoms with E-state index in [4.69, 9.17) is 9.47 Å². The molecule has 3 aliphatic carbocycles. The number of carbonyl (C=O) groups excluding carboxylic acids is 2. The van der Waals surface area contributed by atoms with Crippen LogP contribution in [0.15, 0.2) is 54.1 Å². The summed E-state index contributed by atoms with van der Waals surface area (Å²) in [6.45, 7) is 7.80. The molecule has 40 heavy (non-hydrogen) atoms. The van der Waals surface area contributed by atoms with Gasteiger partial charge in [-0.2, -0.15) is 0 Å². The van der Waals surface area contributed by atoms with Crippen LogP contribution in [0.25, 0.3) is 0 Å². The summed E-state index contributed by atoms with van der Waals surface area (Å²) in [5.41, 5.74) is 3.62. The number of amides is 1. The van der Waals surface area contributed by atoms with E-state index < -0.39 is 11.7 Å². The van der Waals surface area contributed by atoms with Crippen molar-refractivity contribution in [1.82, 2.24) is 4.90 Å². The predicted octanol–water partition coefficient (Wildman–Crippen LogP) is 6.83. The Morgan fingerprint density at radius 2 is 1.93 bits per heavy atom. The van der Waals surface area contributed by atoms with Crippen molar-refractivity contribution in [2.45, 2.75) is 89.8 Å². The summed E-state index contributed by atoms with van der Waals surface area (Å²) >= 11 is 0. The highest BCUT2D eigenvalue weighted by Gasteiger charge is 2.63. The van der Waals surface area contributed by atoms with Crippen LogP contribution in [-0.4, -0.2) is 53.8 Å². The summed E-state index contributed by atoms with van der Waals surface area (Å²) in [4.78, 5) is 29.0. The topological polar surface area (TPSA) is 76.1 Å². The second kappa shape index (κ2) is 11.4. The number of allylic oxidation sites excluding steroid dienone is 2. The van der Waals surface area contributed by atoms with E-state index in [-0.39, 0.29) is 23.2 Å². The maximum Gasteiger partial charge on any atom is 0.410 e. The SMILES string of the molecule is CCCN1CC2(CCC3c4ccc(cc4C(=O)c4ccc(OC)cc4)CC(O)CCC(C)=CCCC32C)OC1=O. The van der Waals surface area contributed by atoms with E-state index in [1.165, 1.54) is 5.57 Å². The maximum atomic E-state index is 14.1. The molecule has 6 rings (SSSR count). The van der Waals surface area contributed by atoms with Gasteiger partial charge in [-0.25, -0.2) is 4.79 Å². The molecular weight excluding hydrogens is 502 g/mol. The Labute approximate surface area is 238 Å². The lowest BCUT2D eigenvalue weighted by molar-refractivity contribution is -0.0373. The van der Waals surface area contributed by atoms with Crippen LogP contribution in [0.5, 0.6) is 5.75 Å². The Balaban J connectivity index is 1.62. The number of hydrogen-bond donors (Lipinski definition) is 1. The number of ketones is 1. The molecule has 2 fully saturated rings. The molecule has 2 bridgehead atoms. The zero-order chi connectivity index (χ0) is 28.5. The van der Waals surface area contributed by atoms with Gasteiger partial charge in [0.15, 0.2) is 5.78 Å². The van der Waals surface area contributed by atoms with Gasteiger partial charge in [-0.3, -0.25) is 4.79 Å². The molecule has 214 valence electrons. The van der Waals surface area contributed by atoms with Crippen LogP contribution in [0.2, 0.25) is 0 Å². The molecule has 6 heteroatoms. The first-order valence-corrected chi connectivity index (χ1v) is 14.8. The Morgan fingerprint density at radius 1 is 1.15 bits per heavy atom. The molecule has 6 nitrogen and oxygen atoms in total. The fraction of sp³-hybridized carbons (Fsp3) is 0.529. The summed E-state index contributed by atoms with van der Waals surface area (Å²) in [6.07, 6.45) is 7.85. The molecular formula is C34H43NO5. The first-order chi connectivity index (χ1) is 19.2. The van der Waals surface area contributed by atoms with Crippen LogP contribution in [0.3, 0.4) is 0 Å². The van der Waals surface area contributed by atoms with Gasteiger partial charge in [0.1, 0.15) is 11.4 Å². The normalized spacial score (nSPS) is 28.7. The number of fused-ring (bicyclic) bond motifs is 8. The van der Waals surface area contributed by atoms with Crippen molar-refractivity contribution in [3.63, 3.8) is 0 Å². The van der Waals surface area contributed by atoms with E-state index in [1.807, 2.05) is 35.2 Å². The molecule has 2 aromatic carbocycles. The summed E-state index contributed by atoms with van der Waals surface area (Å²) in [6, 6.07) is 13.4. The highest BCUT2D eigenvalue weighted by atomic mass is 16.6. The Bertz CT molecular complexity index is 1280. The second-order valence-electron chi connectivity index (χ2n) is 12.3. The molecule has 1 heterocycles. The van der Waals surface area contributed by atoms with Crippen LogP contribution in [-0.2, 0) is 11.2 Å². The van der Waals surface area contributed by atoms with Gasteiger partial charge in [0.05, 0.1) is 19.8 Å². The molecule has 0 aromatic heterocycles. The minimum atomic E-state index is -0.585. The number of benzene rings is 2. The highest BCUT2D eigenvalue weighted by Crippen LogP contribution is 2.61. The lowest BCUT2D eigenvalue weighted by Crippen LogP contribution is -2.48. The highest BCUT2D eigenvalue weighted by molar-refractivity contribution is 6.10. The number of hydrogen-bond acceptors (Lipinski definition) is 5. The van der Waals surface area contributed by atoms with Crippen molar-refractivity contribution in [3.05, 3.63) is 76.4 Å². The molecule has 1 saturated carbocycles. The number of aliphatic hydroxyl groups excluding tert-OH is 1. The number of methoxy groups -OCH3 is 1. The van der Waals surface area contributed by atoms with E-state index in [2.05, 4.69) is 39.0 Å². The molecule has 4 aliphatic rings. The van der Waals surface area contributed by atoms with Crippen molar-refractivity contribution in [3.8, 4) is 5.75 Å². The largest absolute Gasteiger partial charge is 0.497 e. The third kappa shape index (κ3) is 5.18. The van der Waals surface area contributed by atoms with Gasteiger partial charge in [-0.05, 0) is 106 Å². The zero-order valence-corrected chi connectivity index (χ0v) is 24.4. The average molecular weight is 546 g/mol. The lowest BCUT2D eigenvalue weighted by Gasteiger charge is -2.43. The summed E-state index contributed by atoms with van der Waals surface area (Å²) in [5.74, 6) is 0.724. The molecule has 4 atom stereocenters. The molecule has 2 aromatic rings. The number of nitrogens with zero attached hydrogens (tertiary/aromatic N) is 1. The van der Waals surface area contributed by atoms with Crippen LogP contribution in [0, 0.1) is 5.41 Å². The van der Waals surface area contributed by atoms with Crippen molar-refractivity contribution in [1.29, 1.82) is 0 Å². The monoisotopic (exact) mass is 545 g/mol. The minimum Gasteiger partial charge on any atom is -0.497 e. The third-order valence-corrected chi connectivity index (χ3v) is 9.72. The van der Waals surface area contributed by atoms with Gasteiger partial charge < -0.3 is 19.5 Å². The number of rotatable bonds is 5. The summed E-state index contributed by atoms with van der Waals surface area (Å²) in [5, 5.41) is 10.8. The fourth-order valence-electron chi connectivity index (χ4n) is 7.32. The van der Waals surface area contributed by atoms with Crippen molar-refractivity contribution >= 4 is 11.9 Å². The number of aliphatic hydroxyl groups is 1. The number of carbonyl (C=O) groups is 2.